The van der Waals surface area contributed by atoms with Crippen LogP contribution in [0.1, 0.15) is 21.7 Å². The topological polar surface area (TPSA) is 63.8 Å². The number of hydrogen-bond donors (Lipinski definition) is 1. The van der Waals surface area contributed by atoms with E-state index in [9.17, 15) is 4.79 Å². The molecule has 0 radical (unpaired) electrons. The third-order valence-corrected chi connectivity index (χ3v) is 6.21. The molecule has 1 heterocycles. The number of nitrogens with zero attached hydrogens (tertiary/aromatic N) is 1. The van der Waals surface area contributed by atoms with Gasteiger partial charge in [-0.1, -0.05) is 71.2 Å². The van der Waals surface area contributed by atoms with Crippen molar-refractivity contribution in [1.82, 2.24) is 5.43 Å². The van der Waals surface area contributed by atoms with Crippen LogP contribution >= 0.6 is 34.8 Å². The summed E-state index contributed by atoms with van der Waals surface area (Å²) < 4.78 is 11.7. The van der Waals surface area contributed by atoms with Gasteiger partial charge in [-0.15, -0.1) is 0 Å². The minimum absolute atomic E-state index is 0.131. The van der Waals surface area contributed by atoms with E-state index in [1.54, 1.807) is 42.6 Å². The first kappa shape index (κ1) is 23.2. The molecule has 35 heavy (non-hydrogen) atoms. The third kappa shape index (κ3) is 5.13. The molecule has 174 valence electrons. The number of benzene rings is 4. The molecule has 8 heteroatoms. The van der Waals surface area contributed by atoms with Crippen LogP contribution in [0.2, 0.25) is 15.1 Å². The lowest BCUT2D eigenvalue weighted by atomic mass is 10.0. The molecule has 0 aliphatic heterocycles. The van der Waals surface area contributed by atoms with E-state index in [-0.39, 0.29) is 12.4 Å². The van der Waals surface area contributed by atoms with E-state index in [1.165, 1.54) is 0 Å². The average molecular weight is 524 g/mol. The molecule has 5 nitrogen and oxygen atoms in total. The van der Waals surface area contributed by atoms with Gasteiger partial charge >= 0.3 is 5.91 Å². The molecule has 4 aromatic carbocycles. The first-order valence-corrected chi connectivity index (χ1v) is 11.7. The second-order valence-electron chi connectivity index (χ2n) is 7.71. The second-order valence-corrected chi connectivity index (χ2v) is 8.99. The monoisotopic (exact) mass is 522 g/mol. The normalized spacial score (nSPS) is 11.4. The van der Waals surface area contributed by atoms with Crippen molar-refractivity contribution >= 4 is 68.7 Å². The smallest absolute Gasteiger partial charge is 0.307 e. The maximum atomic E-state index is 12.6. The maximum absolute atomic E-state index is 12.6. The summed E-state index contributed by atoms with van der Waals surface area (Å²) in [7, 11) is 0. The summed E-state index contributed by atoms with van der Waals surface area (Å²) >= 11 is 18.3. The highest BCUT2D eigenvalue weighted by atomic mass is 35.5. The summed E-state index contributed by atoms with van der Waals surface area (Å²) in [5.41, 5.74) is 4.59. The van der Waals surface area contributed by atoms with Gasteiger partial charge < -0.3 is 9.15 Å². The largest absolute Gasteiger partial charge is 0.488 e. The van der Waals surface area contributed by atoms with Crippen LogP contribution in [0.15, 0.2) is 88.4 Å². The summed E-state index contributed by atoms with van der Waals surface area (Å²) in [6.07, 6.45) is 1.55. The van der Waals surface area contributed by atoms with E-state index in [4.69, 9.17) is 44.0 Å². The predicted octanol–water partition coefficient (Wildman–Crippen LogP) is 7.89. The quantitative estimate of drug-likeness (QED) is 0.182. The highest BCUT2D eigenvalue weighted by molar-refractivity contribution is 6.35. The standard InChI is InChI=1S/C27H17Cl3N2O3/c28-19-8-10-24-18(11-19)12-26(35-24)27(33)32-31-14-22-21-4-2-1-3-16(21)6-9-25(22)34-15-17-5-7-20(29)13-23(17)30/h1-14H,15H2,(H,32,33)/b31-14+. The molecule has 0 bridgehead atoms. The fraction of sp³-hybridized carbons (Fsp3) is 0.0370. The van der Waals surface area contributed by atoms with Gasteiger partial charge in [0.1, 0.15) is 17.9 Å². The molecule has 1 aromatic heterocycles. The summed E-state index contributed by atoms with van der Waals surface area (Å²) in [6.45, 7) is 0.239. The van der Waals surface area contributed by atoms with Gasteiger partial charge in [0.15, 0.2) is 5.76 Å². The Balaban J connectivity index is 1.40. The molecule has 0 unspecified atom stereocenters. The second kappa shape index (κ2) is 10.0. The number of halogens is 3. The fourth-order valence-electron chi connectivity index (χ4n) is 3.67. The van der Waals surface area contributed by atoms with E-state index >= 15 is 0 Å². The van der Waals surface area contributed by atoms with Crippen LogP contribution in [0.4, 0.5) is 0 Å². The summed E-state index contributed by atoms with van der Waals surface area (Å²) in [6, 6.07) is 23.7. The Morgan fingerprint density at radius 1 is 0.914 bits per heavy atom. The van der Waals surface area contributed by atoms with Crippen molar-refractivity contribution in [2.45, 2.75) is 6.61 Å². The van der Waals surface area contributed by atoms with Crippen molar-refractivity contribution in [2.24, 2.45) is 5.10 Å². The summed E-state index contributed by atoms with van der Waals surface area (Å²) in [4.78, 5) is 12.6. The number of rotatable bonds is 6. The van der Waals surface area contributed by atoms with E-state index in [0.29, 0.717) is 32.0 Å². The molecule has 5 rings (SSSR count). The number of amides is 1. The molecular formula is C27H17Cl3N2O3. The first-order valence-electron chi connectivity index (χ1n) is 10.6. The van der Waals surface area contributed by atoms with Crippen LogP contribution < -0.4 is 10.2 Å². The highest BCUT2D eigenvalue weighted by Gasteiger charge is 2.13. The van der Waals surface area contributed by atoms with Crippen molar-refractivity contribution in [3.63, 3.8) is 0 Å². The van der Waals surface area contributed by atoms with E-state index in [0.717, 1.165) is 21.7 Å². The van der Waals surface area contributed by atoms with E-state index < -0.39 is 5.91 Å². The molecule has 0 atom stereocenters. The van der Waals surface area contributed by atoms with Crippen LogP contribution in [0.5, 0.6) is 5.75 Å². The van der Waals surface area contributed by atoms with Gasteiger partial charge in [0.05, 0.1) is 6.21 Å². The number of carbonyl (C=O) groups excluding carboxylic acids is 1. The van der Waals surface area contributed by atoms with Crippen molar-refractivity contribution in [2.75, 3.05) is 0 Å². The van der Waals surface area contributed by atoms with Crippen LogP contribution in [-0.2, 0) is 6.61 Å². The fourth-order valence-corrected chi connectivity index (χ4v) is 4.31. The van der Waals surface area contributed by atoms with Crippen molar-refractivity contribution in [3.8, 4) is 5.75 Å². The minimum atomic E-state index is -0.482. The van der Waals surface area contributed by atoms with Gasteiger partial charge in [-0.2, -0.15) is 5.10 Å². The third-order valence-electron chi connectivity index (χ3n) is 5.39. The average Bonchev–Trinajstić information content (AvgIpc) is 3.27. The molecule has 0 aliphatic carbocycles. The van der Waals surface area contributed by atoms with Crippen molar-refractivity contribution < 1.29 is 13.9 Å². The lowest BCUT2D eigenvalue weighted by Gasteiger charge is -2.13. The maximum Gasteiger partial charge on any atom is 0.307 e. The number of nitrogens with one attached hydrogen (secondary N) is 1. The van der Waals surface area contributed by atoms with Crippen LogP contribution in [0.25, 0.3) is 21.7 Å². The highest BCUT2D eigenvalue weighted by Crippen LogP contribution is 2.29. The van der Waals surface area contributed by atoms with Gasteiger partial charge in [0.25, 0.3) is 0 Å². The zero-order valence-corrected chi connectivity index (χ0v) is 20.4. The SMILES string of the molecule is O=C(N/N=C/c1c(OCc2ccc(Cl)cc2Cl)ccc2ccccc12)c1cc2cc(Cl)ccc2o1. The zero-order chi connectivity index (χ0) is 24.4. The number of carbonyl (C=O) groups is 1. The Morgan fingerprint density at radius 3 is 2.57 bits per heavy atom. The number of hydrogen-bond acceptors (Lipinski definition) is 4. The van der Waals surface area contributed by atoms with E-state index in [2.05, 4.69) is 10.5 Å². The Kier molecular flexibility index (Phi) is 6.64. The summed E-state index contributed by atoms with van der Waals surface area (Å²) in [5.74, 6) is 0.238. The molecule has 1 amide bonds. The molecule has 0 spiro atoms. The van der Waals surface area contributed by atoms with Crippen LogP contribution in [0, 0.1) is 0 Å². The number of ether oxygens (including phenoxy) is 1. The van der Waals surface area contributed by atoms with Gasteiger partial charge in [-0.3, -0.25) is 4.79 Å². The van der Waals surface area contributed by atoms with Gasteiger partial charge in [0.2, 0.25) is 0 Å². The molecule has 0 fully saturated rings. The number of furan rings is 1. The number of fused-ring (bicyclic) bond motifs is 2. The minimum Gasteiger partial charge on any atom is -0.488 e. The molecule has 0 saturated heterocycles. The molecule has 0 saturated carbocycles. The first-order chi connectivity index (χ1) is 17.0. The Bertz CT molecular complexity index is 1590. The van der Waals surface area contributed by atoms with Gasteiger partial charge in [-0.25, -0.2) is 5.43 Å². The van der Waals surface area contributed by atoms with Crippen LogP contribution in [0.3, 0.4) is 0 Å². The van der Waals surface area contributed by atoms with Crippen molar-refractivity contribution in [1.29, 1.82) is 0 Å². The molecular weight excluding hydrogens is 507 g/mol. The van der Waals surface area contributed by atoms with Gasteiger partial charge in [0, 0.05) is 31.6 Å². The zero-order valence-electron chi connectivity index (χ0n) is 18.1. The Hall–Kier alpha value is -3.51. The summed E-state index contributed by atoms with van der Waals surface area (Å²) in [5, 5.41) is 8.46. The van der Waals surface area contributed by atoms with Crippen molar-refractivity contribution in [3.05, 3.63) is 111 Å². The molecule has 5 aromatic rings. The lowest BCUT2D eigenvalue weighted by molar-refractivity contribution is 0.0929. The number of hydrazone groups is 1. The Labute approximate surface area is 215 Å². The van der Waals surface area contributed by atoms with Gasteiger partial charge in [-0.05, 0) is 53.2 Å². The molecule has 1 N–H and O–H groups in total. The predicted molar refractivity (Wildman–Crippen MR) is 141 cm³/mol. The van der Waals surface area contributed by atoms with Crippen LogP contribution in [-0.4, -0.2) is 12.1 Å². The molecule has 0 aliphatic rings. The Morgan fingerprint density at radius 2 is 1.71 bits per heavy atom. The lowest BCUT2D eigenvalue weighted by Crippen LogP contribution is -2.16. The van der Waals surface area contributed by atoms with E-state index in [1.807, 2.05) is 42.5 Å².